The number of carbonyl (C=O) groups is 1. The van der Waals surface area contributed by atoms with Gasteiger partial charge in [0.15, 0.2) is 17.3 Å². The first-order valence-corrected chi connectivity index (χ1v) is 10.6. The SMILES string of the molecule is COc1ccc(-c2cnc(-c3ccccc3C(=O)Nc3ccc4c(c3)OCCO4)o2)c(OC)c1. The van der Waals surface area contributed by atoms with Crippen LogP contribution in [-0.2, 0) is 0 Å². The Balaban J connectivity index is 1.43. The van der Waals surface area contributed by atoms with E-state index in [1.54, 1.807) is 62.9 Å². The molecule has 1 aromatic heterocycles. The van der Waals surface area contributed by atoms with Crippen molar-refractivity contribution in [3.8, 4) is 45.8 Å². The number of methoxy groups -OCH3 is 2. The monoisotopic (exact) mass is 458 g/mol. The number of aromatic nitrogens is 1. The van der Waals surface area contributed by atoms with Crippen LogP contribution >= 0.6 is 0 Å². The number of ether oxygens (including phenoxy) is 4. The minimum atomic E-state index is -0.297. The predicted molar refractivity (Wildman–Crippen MR) is 126 cm³/mol. The number of hydrogen-bond acceptors (Lipinski definition) is 7. The summed E-state index contributed by atoms with van der Waals surface area (Å²) < 4.78 is 27.9. The van der Waals surface area contributed by atoms with Crippen LogP contribution in [0.1, 0.15) is 10.4 Å². The molecule has 0 spiro atoms. The van der Waals surface area contributed by atoms with Gasteiger partial charge in [-0.25, -0.2) is 4.98 Å². The van der Waals surface area contributed by atoms with Crippen molar-refractivity contribution in [1.82, 2.24) is 4.98 Å². The normalized spacial score (nSPS) is 12.2. The van der Waals surface area contributed by atoms with E-state index in [1.807, 2.05) is 18.2 Å². The van der Waals surface area contributed by atoms with Gasteiger partial charge >= 0.3 is 0 Å². The number of amides is 1. The molecule has 1 aliphatic rings. The Morgan fingerprint density at radius 1 is 0.912 bits per heavy atom. The van der Waals surface area contributed by atoms with Crippen LogP contribution in [0.2, 0.25) is 0 Å². The van der Waals surface area contributed by atoms with E-state index in [1.165, 1.54) is 0 Å². The molecule has 1 amide bonds. The number of benzene rings is 3. The zero-order chi connectivity index (χ0) is 23.5. The predicted octanol–water partition coefficient (Wildman–Crippen LogP) is 5.05. The molecule has 34 heavy (non-hydrogen) atoms. The third-order valence-corrected chi connectivity index (χ3v) is 5.38. The van der Waals surface area contributed by atoms with Gasteiger partial charge in [-0.15, -0.1) is 0 Å². The van der Waals surface area contributed by atoms with Crippen molar-refractivity contribution >= 4 is 11.6 Å². The summed E-state index contributed by atoms with van der Waals surface area (Å²) in [6.07, 6.45) is 1.61. The van der Waals surface area contributed by atoms with E-state index in [9.17, 15) is 4.79 Å². The van der Waals surface area contributed by atoms with Crippen molar-refractivity contribution in [2.75, 3.05) is 32.8 Å². The smallest absolute Gasteiger partial charge is 0.256 e. The molecular formula is C26H22N2O6. The third kappa shape index (κ3) is 4.13. The molecule has 3 aromatic carbocycles. The molecule has 0 aliphatic carbocycles. The van der Waals surface area contributed by atoms with Crippen molar-refractivity contribution < 1.29 is 28.2 Å². The number of rotatable bonds is 6. The van der Waals surface area contributed by atoms with Crippen LogP contribution in [0.3, 0.4) is 0 Å². The van der Waals surface area contributed by atoms with E-state index >= 15 is 0 Å². The van der Waals surface area contributed by atoms with Crippen molar-refractivity contribution in [2.45, 2.75) is 0 Å². The Bertz CT molecular complexity index is 1350. The van der Waals surface area contributed by atoms with Gasteiger partial charge in [0.25, 0.3) is 5.91 Å². The topological polar surface area (TPSA) is 92.1 Å². The molecule has 2 heterocycles. The molecule has 8 heteroatoms. The van der Waals surface area contributed by atoms with Crippen molar-refractivity contribution in [3.05, 3.63) is 72.4 Å². The number of nitrogens with zero attached hydrogens (tertiary/aromatic N) is 1. The first kappa shape index (κ1) is 21.4. The molecule has 4 aromatic rings. The Labute approximate surface area is 196 Å². The summed E-state index contributed by atoms with van der Waals surface area (Å²) in [5, 5.41) is 2.91. The molecule has 8 nitrogen and oxygen atoms in total. The lowest BCUT2D eigenvalue weighted by atomic mass is 10.1. The second-order valence-corrected chi connectivity index (χ2v) is 7.45. The summed E-state index contributed by atoms with van der Waals surface area (Å²) in [7, 11) is 3.17. The minimum absolute atomic E-state index is 0.297. The van der Waals surface area contributed by atoms with Crippen LogP contribution in [0.15, 0.2) is 71.3 Å². The van der Waals surface area contributed by atoms with Crippen molar-refractivity contribution in [1.29, 1.82) is 0 Å². The lowest BCUT2D eigenvalue weighted by Gasteiger charge is -2.19. The lowest BCUT2D eigenvalue weighted by Crippen LogP contribution is -2.16. The quantitative estimate of drug-likeness (QED) is 0.432. The molecule has 0 radical (unpaired) electrons. The Kier molecular flexibility index (Phi) is 5.78. The first-order chi connectivity index (χ1) is 16.7. The summed E-state index contributed by atoms with van der Waals surface area (Å²) in [5.41, 5.74) is 2.31. The molecule has 1 N–H and O–H groups in total. The summed E-state index contributed by atoms with van der Waals surface area (Å²) >= 11 is 0. The lowest BCUT2D eigenvalue weighted by molar-refractivity contribution is 0.102. The summed E-state index contributed by atoms with van der Waals surface area (Å²) in [4.78, 5) is 17.6. The second kappa shape index (κ2) is 9.19. The van der Waals surface area contributed by atoms with Crippen LogP contribution < -0.4 is 24.3 Å². The van der Waals surface area contributed by atoms with Crippen molar-refractivity contribution in [3.63, 3.8) is 0 Å². The maximum atomic E-state index is 13.1. The molecule has 172 valence electrons. The molecule has 0 fully saturated rings. The number of carbonyl (C=O) groups excluding carboxylic acids is 1. The number of oxazole rings is 1. The highest BCUT2D eigenvalue weighted by molar-refractivity contribution is 6.08. The minimum Gasteiger partial charge on any atom is -0.497 e. The fourth-order valence-electron chi connectivity index (χ4n) is 3.71. The molecule has 0 unspecified atom stereocenters. The van der Waals surface area contributed by atoms with Crippen LogP contribution in [-0.4, -0.2) is 38.3 Å². The highest BCUT2D eigenvalue weighted by atomic mass is 16.6. The number of hydrogen-bond donors (Lipinski definition) is 1. The van der Waals surface area contributed by atoms with Gasteiger partial charge in [-0.2, -0.15) is 0 Å². The summed E-state index contributed by atoms with van der Waals surface area (Å²) in [5.74, 6) is 3.05. The van der Waals surface area contributed by atoms with Gasteiger partial charge in [0.1, 0.15) is 24.7 Å². The standard InChI is InChI=1S/C26H22N2O6/c1-30-17-8-9-20(22(14-17)31-2)24-15-27-26(34-24)19-6-4-3-5-18(19)25(29)28-16-7-10-21-23(13-16)33-12-11-32-21/h3-10,13-15H,11-12H2,1-2H3,(H,28,29). The summed E-state index contributed by atoms with van der Waals surface area (Å²) in [6.45, 7) is 0.978. The maximum absolute atomic E-state index is 13.1. The Morgan fingerprint density at radius 2 is 1.74 bits per heavy atom. The van der Waals surface area contributed by atoms with Gasteiger partial charge in [0, 0.05) is 23.4 Å². The molecule has 0 atom stereocenters. The van der Waals surface area contributed by atoms with Gasteiger partial charge in [0.2, 0.25) is 5.89 Å². The van der Waals surface area contributed by atoms with Crippen LogP contribution in [0.4, 0.5) is 5.69 Å². The molecule has 0 bridgehead atoms. The molecule has 0 saturated heterocycles. The van der Waals surface area contributed by atoms with Gasteiger partial charge in [0.05, 0.1) is 31.5 Å². The number of nitrogens with one attached hydrogen (secondary N) is 1. The van der Waals surface area contributed by atoms with E-state index < -0.39 is 0 Å². The Hall–Kier alpha value is -4.46. The fourth-order valence-corrected chi connectivity index (χ4v) is 3.71. The van der Waals surface area contributed by atoms with Crippen molar-refractivity contribution in [2.24, 2.45) is 0 Å². The zero-order valence-corrected chi connectivity index (χ0v) is 18.7. The number of fused-ring (bicyclic) bond motifs is 1. The van der Waals surface area contributed by atoms with Crippen LogP contribution in [0, 0.1) is 0 Å². The van der Waals surface area contributed by atoms with E-state index in [0.717, 1.165) is 5.56 Å². The van der Waals surface area contributed by atoms with Gasteiger partial charge in [-0.1, -0.05) is 12.1 Å². The van der Waals surface area contributed by atoms with Crippen LogP contribution in [0.25, 0.3) is 22.8 Å². The highest BCUT2D eigenvalue weighted by Crippen LogP contribution is 2.36. The maximum Gasteiger partial charge on any atom is 0.256 e. The zero-order valence-electron chi connectivity index (χ0n) is 18.7. The molecule has 5 rings (SSSR count). The number of anilines is 1. The largest absolute Gasteiger partial charge is 0.497 e. The second-order valence-electron chi connectivity index (χ2n) is 7.45. The van der Waals surface area contributed by atoms with E-state index in [2.05, 4.69) is 10.3 Å². The van der Waals surface area contributed by atoms with E-state index in [-0.39, 0.29) is 5.91 Å². The third-order valence-electron chi connectivity index (χ3n) is 5.38. The molecule has 1 aliphatic heterocycles. The van der Waals surface area contributed by atoms with Gasteiger partial charge in [-0.3, -0.25) is 4.79 Å². The average molecular weight is 458 g/mol. The first-order valence-electron chi connectivity index (χ1n) is 10.6. The van der Waals surface area contributed by atoms with Gasteiger partial charge < -0.3 is 28.7 Å². The highest BCUT2D eigenvalue weighted by Gasteiger charge is 2.20. The molecular weight excluding hydrogens is 436 g/mol. The van der Waals surface area contributed by atoms with Crippen LogP contribution in [0.5, 0.6) is 23.0 Å². The fraction of sp³-hybridized carbons (Fsp3) is 0.154. The van der Waals surface area contributed by atoms with Gasteiger partial charge in [-0.05, 0) is 36.4 Å². The van der Waals surface area contributed by atoms with E-state index in [4.69, 9.17) is 23.4 Å². The molecule has 0 saturated carbocycles. The summed E-state index contributed by atoms with van der Waals surface area (Å²) in [6, 6.07) is 17.8. The van der Waals surface area contributed by atoms with E-state index in [0.29, 0.717) is 64.7 Å². The Morgan fingerprint density at radius 3 is 2.56 bits per heavy atom. The average Bonchev–Trinajstić information content (AvgIpc) is 3.38.